The highest BCUT2D eigenvalue weighted by molar-refractivity contribution is 5.98. The largest absolute Gasteiger partial charge is 0.486 e. The lowest BCUT2D eigenvalue weighted by molar-refractivity contribution is 0.0602. The Kier molecular flexibility index (Phi) is 4.16. The number of methoxy groups -OCH3 is 1. The highest BCUT2D eigenvalue weighted by Crippen LogP contribution is 2.31. The van der Waals surface area contributed by atoms with Crippen molar-refractivity contribution < 1.29 is 19.0 Å². The molecule has 9 nitrogen and oxygen atoms in total. The van der Waals surface area contributed by atoms with Gasteiger partial charge in [-0.25, -0.2) is 14.3 Å². The molecule has 0 radical (unpaired) electrons. The molecule has 0 bridgehead atoms. The van der Waals surface area contributed by atoms with Crippen molar-refractivity contribution >= 4 is 22.5 Å². The zero-order valence-electron chi connectivity index (χ0n) is 16.4. The maximum atomic E-state index is 13.1. The van der Waals surface area contributed by atoms with Crippen LogP contribution in [0.1, 0.15) is 21.6 Å². The summed E-state index contributed by atoms with van der Waals surface area (Å²) >= 11 is 0. The average Bonchev–Trinajstić information content (AvgIpc) is 3.11. The normalized spacial score (nSPS) is 13.0. The average molecular weight is 406 g/mol. The molecule has 0 spiro atoms. The third kappa shape index (κ3) is 2.78. The van der Waals surface area contributed by atoms with Crippen LogP contribution in [0.5, 0.6) is 11.5 Å². The van der Waals surface area contributed by atoms with Gasteiger partial charge in [-0.2, -0.15) is 5.10 Å². The van der Waals surface area contributed by atoms with Crippen LogP contribution in [0.3, 0.4) is 0 Å². The lowest BCUT2D eigenvalue weighted by Gasteiger charge is -2.19. The van der Waals surface area contributed by atoms with Gasteiger partial charge < -0.3 is 18.8 Å². The van der Waals surface area contributed by atoms with E-state index in [4.69, 9.17) is 14.2 Å². The molecule has 0 fully saturated rings. The van der Waals surface area contributed by atoms with Gasteiger partial charge in [-0.1, -0.05) is 6.07 Å². The minimum absolute atomic E-state index is 0.204. The second-order valence-corrected chi connectivity index (χ2v) is 6.97. The number of pyridine rings is 1. The van der Waals surface area contributed by atoms with Gasteiger partial charge in [0.15, 0.2) is 17.1 Å². The maximum Gasteiger partial charge on any atom is 0.343 e. The van der Waals surface area contributed by atoms with Crippen LogP contribution in [0, 0.1) is 6.92 Å². The second kappa shape index (κ2) is 6.87. The molecule has 0 saturated carbocycles. The fourth-order valence-corrected chi connectivity index (χ4v) is 3.66. The molecule has 3 aromatic heterocycles. The molecular formula is C21H18N4O5. The van der Waals surface area contributed by atoms with Crippen LogP contribution in [0.2, 0.25) is 0 Å². The van der Waals surface area contributed by atoms with Crippen molar-refractivity contribution in [3.05, 3.63) is 63.8 Å². The lowest BCUT2D eigenvalue weighted by atomic mass is 10.2. The molecule has 5 rings (SSSR count). The van der Waals surface area contributed by atoms with E-state index in [2.05, 4.69) is 10.1 Å². The summed E-state index contributed by atoms with van der Waals surface area (Å²) in [5, 5.41) is 4.79. The molecule has 1 aromatic carbocycles. The monoisotopic (exact) mass is 406 g/mol. The van der Waals surface area contributed by atoms with Crippen molar-refractivity contribution in [1.82, 2.24) is 19.2 Å². The quantitative estimate of drug-likeness (QED) is 0.480. The Morgan fingerprint density at radius 2 is 2.00 bits per heavy atom. The van der Waals surface area contributed by atoms with Gasteiger partial charge in [0.05, 0.1) is 30.3 Å². The summed E-state index contributed by atoms with van der Waals surface area (Å²) in [6.07, 6.45) is 3.18. The summed E-state index contributed by atoms with van der Waals surface area (Å²) in [5.74, 6) is 0.873. The summed E-state index contributed by atoms with van der Waals surface area (Å²) in [6, 6.07) is 7.43. The molecule has 9 heteroatoms. The third-order valence-electron chi connectivity index (χ3n) is 5.11. The van der Waals surface area contributed by atoms with E-state index >= 15 is 0 Å². The zero-order chi connectivity index (χ0) is 20.8. The molecule has 4 heterocycles. The van der Waals surface area contributed by atoms with Crippen molar-refractivity contribution in [3.63, 3.8) is 0 Å². The van der Waals surface area contributed by atoms with Crippen LogP contribution in [0.4, 0.5) is 0 Å². The minimum Gasteiger partial charge on any atom is -0.486 e. The first-order valence-corrected chi connectivity index (χ1v) is 9.41. The summed E-state index contributed by atoms with van der Waals surface area (Å²) < 4.78 is 19.1. The van der Waals surface area contributed by atoms with Crippen molar-refractivity contribution in [2.45, 2.75) is 13.5 Å². The van der Waals surface area contributed by atoms with E-state index in [9.17, 15) is 9.59 Å². The Labute approximate surface area is 170 Å². The Balaban J connectivity index is 1.58. The van der Waals surface area contributed by atoms with E-state index < -0.39 is 5.97 Å². The number of benzene rings is 1. The third-order valence-corrected chi connectivity index (χ3v) is 5.11. The summed E-state index contributed by atoms with van der Waals surface area (Å²) in [5.41, 5.74) is 2.42. The molecule has 1 aliphatic heterocycles. The molecule has 0 atom stereocenters. The van der Waals surface area contributed by atoms with Crippen molar-refractivity contribution in [2.75, 3.05) is 20.3 Å². The van der Waals surface area contributed by atoms with Crippen molar-refractivity contribution in [3.8, 4) is 11.5 Å². The Hall–Kier alpha value is -3.88. The van der Waals surface area contributed by atoms with E-state index in [-0.39, 0.29) is 5.56 Å². The molecule has 1 aliphatic rings. The molecular weight excluding hydrogens is 388 g/mol. The zero-order valence-corrected chi connectivity index (χ0v) is 16.4. The number of carbonyl (C=O) groups is 1. The SMILES string of the molecule is COC(=O)c1c(C)nn2c1ncc1c(=O)n(Cc3ccc4c(c3)OCCO4)ccc12. The van der Waals surface area contributed by atoms with Gasteiger partial charge in [-0.3, -0.25) is 4.79 Å². The number of hydrogen-bond donors (Lipinski definition) is 0. The number of rotatable bonds is 3. The Morgan fingerprint density at radius 1 is 1.20 bits per heavy atom. The number of ether oxygens (including phenoxy) is 3. The van der Waals surface area contributed by atoms with Crippen LogP contribution >= 0.6 is 0 Å². The first-order valence-electron chi connectivity index (χ1n) is 9.41. The molecule has 0 N–H and O–H groups in total. The number of carbonyl (C=O) groups excluding carboxylic acids is 1. The minimum atomic E-state index is -0.513. The molecule has 0 unspecified atom stereocenters. The molecule has 0 amide bonds. The second-order valence-electron chi connectivity index (χ2n) is 6.97. The number of aryl methyl sites for hydroxylation is 1. The first-order chi connectivity index (χ1) is 14.6. The summed E-state index contributed by atoms with van der Waals surface area (Å²) in [4.78, 5) is 29.5. The van der Waals surface area contributed by atoms with Gasteiger partial charge in [0, 0.05) is 12.4 Å². The van der Waals surface area contributed by atoms with Gasteiger partial charge in [0.2, 0.25) is 0 Å². The predicted molar refractivity (Wildman–Crippen MR) is 107 cm³/mol. The fraction of sp³-hybridized carbons (Fsp3) is 0.238. The van der Waals surface area contributed by atoms with Crippen molar-refractivity contribution in [1.29, 1.82) is 0 Å². The Bertz CT molecular complexity index is 1370. The number of nitrogens with zero attached hydrogens (tertiary/aromatic N) is 4. The van der Waals surface area contributed by atoms with Crippen LogP contribution in [-0.4, -0.2) is 45.5 Å². The van der Waals surface area contributed by atoms with E-state index in [0.29, 0.717) is 59.1 Å². The van der Waals surface area contributed by atoms with Crippen LogP contribution in [0.15, 0.2) is 41.5 Å². The maximum absolute atomic E-state index is 13.1. The highest BCUT2D eigenvalue weighted by Gasteiger charge is 2.21. The number of esters is 1. The van der Waals surface area contributed by atoms with E-state index in [1.165, 1.54) is 17.8 Å². The Morgan fingerprint density at radius 3 is 2.80 bits per heavy atom. The topological polar surface area (TPSA) is 97.0 Å². The van der Waals surface area contributed by atoms with Gasteiger partial charge in [0.25, 0.3) is 5.56 Å². The fourth-order valence-electron chi connectivity index (χ4n) is 3.66. The summed E-state index contributed by atoms with van der Waals surface area (Å²) in [6.45, 7) is 3.11. The smallest absolute Gasteiger partial charge is 0.343 e. The predicted octanol–water partition coefficient (Wildman–Crippen LogP) is 1.96. The highest BCUT2D eigenvalue weighted by atomic mass is 16.6. The molecule has 0 saturated heterocycles. The number of fused-ring (bicyclic) bond motifs is 4. The van der Waals surface area contributed by atoms with Gasteiger partial charge >= 0.3 is 5.97 Å². The van der Waals surface area contributed by atoms with Crippen LogP contribution in [-0.2, 0) is 11.3 Å². The van der Waals surface area contributed by atoms with E-state index in [0.717, 1.165) is 5.56 Å². The van der Waals surface area contributed by atoms with E-state index in [1.54, 1.807) is 23.8 Å². The van der Waals surface area contributed by atoms with E-state index in [1.807, 2.05) is 18.2 Å². The number of hydrogen-bond acceptors (Lipinski definition) is 7. The van der Waals surface area contributed by atoms with Gasteiger partial charge in [-0.05, 0) is 30.7 Å². The summed E-state index contributed by atoms with van der Waals surface area (Å²) in [7, 11) is 1.31. The van der Waals surface area contributed by atoms with Crippen LogP contribution < -0.4 is 15.0 Å². The van der Waals surface area contributed by atoms with Crippen LogP contribution in [0.25, 0.3) is 16.6 Å². The molecule has 152 valence electrons. The molecule has 0 aliphatic carbocycles. The standard InChI is InChI=1S/C21H18N4O5/c1-12-18(21(27)28-2)19-22-10-14-15(25(19)23-12)5-6-24(20(14)26)11-13-3-4-16-17(9-13)30-8-7-29-16/h3-6,9-10H,7-8,11H2,1-2H3. The molecule has 4 aromatic rings. The lowest BCUT2D eigenvalue weighted by Crippen LogP contribution is -2.21. The van der Waals surface area contributed by atoms with Crippen molar-refractivity contribution in [2.24, 2.45) is 0 Å². The number of aromatic nitrogens is 4. The molecule has 30 heavy (non-hydrogen) atoms. The van der Waals surface area contributed by atoms with Gasteiger partial charge in [-0.15, -0.1) is 0 Å². The first kappa shape index (κ1) is 18.2. The van der Waals surface area contributed by atoms with Gasteiger partial charge in [0.1, 0.15) is 18.8 Å².